The van der Waals surface area contributed by atoms with Crippen molar-refractivity contribution in [1.82, 2.24) is 0 Å². The van der Waals surface area contributed by atoms with Crippen LogP contribution >= 0.6 is 0 Å². The van der Waals surface area contributed by atoms with Crippen molar-refractivity contribution in [3.63, 3.8) is 0 Å². The van der Waals surface area contributed by atoms with Gasteiger partial charge in [0.15, 0.2) is 14.4 Å². The van der Waals surface area contributed by atoms with Crippen LogP contribution in [0.5, 0.6) is 0 Å². The highest BCUT2D eigenvalue weighted by Gasteiger charge is 2.93. The van der Waals surface area contributed by atoms with Crippen LogP contribution in [0.25, 0.3) is 0 Å². The van der Waals surface area contributed by atoms with Crippen LogP contribution in [0.15, 0.2) is 5.16 Å². The number of hydrogen-bond donors (Lipinski definition) is 0. The van der Waals surface area contributed by atoms with Gasteiger partial charge in [-0.15, -0.1) is 0 Å². The van der Waals surface area contributed by atoms with Crippen molar-refractivity contribution in [2.45, 2.75) is 177 Å². The predicted octanol–water partition coefficient (Wildman–Crippen LogP) is 16.3. The molecule has 0 aliphatic carbocycles. The van der Waals surface area contributed by atoms with E-state index < -0.39 is 172 Å². The molecule has 0 amide bonds. The minimum atomic E-state index is -8.91. The summed E-state index contributed by atoms with van der Waals surface area (Å²) in [6, 6.07) is -10.3. The van der Waals surface area contributed by atoms with E-state index in [1.807, 2.05) is 0 Å². The number of rotatable bonds is 26. The Bertz CT molecular complexity index is 1760. The molecule has 1 aliphatic rings. The minimum absolute atomic E-state index is 0.0416. The summed E-state index contributed by atoms with van der Waals surface area (Å²) in [5.74, 6) is -128. The predicted molar refractivity (Wildman–Crippen MR) is 164 cm³/mol. The average molecular weight is 1210 g/mol. The highest BCUT2D eigenvalue weighted by molar-refractivity contribution is 6.73. The largest absolute Gasteiger partial charge is 0.460 e. The Morgan fingerprint density at radius 3 is 0.824 bits per heavy atom. The lowest BCUT2D eigenvalue weighted by Gasteiger charge is -2.42. The van der Waals surface area contributed by atoms with Crippen molar-refractivity contribution < 1.29 is 180 Å². The molecule has 0 radical (unpaired) electrons. The van der Waals surface area contributed by atoms with Gasteiger partial charge in [0.1, 0.15) is 0 Å². The van der Waals surface area contributed by atoms with Gasteiger partial charge in [-0.2, -0.15) is 171 Å². The second kappa shape index (κ2) is 19.7. The van der Waals surface area contributed by atoms with Crippen molar-refractivity contribution in [3.8, 4) is 0 Å². The Labute approximate surface area is 384 Å². The Hall–Kier alpha value is -3.08. The van der Waals surface area contributed by atoms with E-state index in [4.69, 9.17) is 0 Å². The molecule has 3 nitrogen and oxygen atoms in total. The van der Waals surface area contributed by atoms with Crippen LogP contribution < -0.4 is 0 Å². The number of hydrogen-bond acceptors (Lipinski definition) is 3. The summed E-state index contributed by atoms with van der Waals surface area (Å²) in [4.78, 5) is 4.48. The molecule has 74 heavy (non-hydrogen) atoms. The monoisotopic (exact) mass is 1210 g/mol. The van der Waals surface area contributed by atoms with Crippen molar-refractivity contribution in [1.29, 1.82) is 0 Å². The van der Waals surface area contributed by atoms with Gasteiger partial charge in [-0.05, 0) is 24.6 Å². The molecule has 0 bridgehead atoms. The summed E-state index contributed by atoms with van der Waals surface area (Å²) in [5, 5.41) is 3.13. The third-order valence-corrected chi connectivity index (χ3v) is 14.8. The molecule has 0 aromatic rings. The average Bonchev–Trinajstić information content (AvgIpc) is 3.65. The summed E-state index contributed by atoms with van der Waals surface area (Å²) in [7, 11) is -7.34. The lowest BCUT2D eigenvalue weighted by molar-refractivity contribution is -0.440. The van der Waals surface area contributed by atoms with Gasteiger partial charge in [0, 0.05) is 25.7 Å². The maximum absolute atomic E-state index is 15.0. The van der Waals surface area contributed by atoms with E-state index in [0.29, 0.717) is 0 Å². The first-order valence-corrected chi connectivity index (χ1v) is 21.1. The fourth-order valence-corrected chi connectivity index (χ4v) is 9.94. The molecule has 0 N–H and O–H groups in total. The van der Waals surface area contributed by atoms with Crippen LogP contribution in [0.2, 0.25) is 18.1 Å². The Morgan fingerprint density at radius 1 is 0.378 bits per heavy atom. The minimum Gasteiger partial charge on any atom is -0.413 e. The van der Waals surface area contributed by atoms with Crippen molar-refractivity contribution in [2.75, 3.05) is 6.61 Å². The van der Waals surface area contributed by atoms with E-state index >= 15 is 26.3 Å². The number of oxime groups is 1. The fourth-order valence-electron chi connectivity index (χ4n) is 5.90. The van der Waals surface area contributed by atoms with Crippen LogP contribution in [0, 0.1) is 0 Å². The molecule has 43 heteroatoms. The van der Waals surface area contributed by atoms with Crippen LogP contribution in [0.1, 0.15) is 45.4 Å². The first kappa shape index (κ1) is 68.9. The van der Waals surface area contributed by atoms with Gasteiger partial charge in [0.25, 0.3) is 0 Å². The SMILES string of the molecule is CCCC1=NOC(CO[Si](CCC(F)(F)C(F)(F)C(F)(F)C(F)(F)C(F)(F)C(F)(F)F)(CCC(F)(F)C(F)(F)C(F)(F)C(F)(F)C(F)(F)C(F)(F)F)CCC(F)(F)C(F)(F)C(F)(F)C(F)(F)C(F)(F)C(F)(F)F)C1. The number of halogens is 39. The number of nitrogens with zero attached hydrogens (tertiary/aromatic N) is 1. The molecule has 1 aliphatic heterocycles. The van der Waals surface area contributed by atoms with E-state index in [9.17, 15) is 145 Å². The zero-order chi connectivity index (χ0) is 59.8. The molecular formula is C31H24F39NO2Si. The summed E-state index contributed by atoms with van der Waals surface area (Å²) in [6.45, 7) is -0.873. The fraction of sp³-hybridized carbons (Fsp3) is 0.968. The van der Waals surface area contributed by atoms with Crippen LogP contribution in [-0.2, 0) is 9.26 Å². The standard InChI is InChI=1S/C31H24F39NO2Si/c1-2-3-12-10-13(73-71-12)11-72-74(7-4-14(32,33)17(38,39)20(44,45)23(50,51)26(56,57)29(62,63)64,8-5-15(34,35)18(40,41)21(46,47)24(52,53)27(58,59)30(65,66)67)9-6-16(36,37)19(42,43)22(48,49)25(54,55)28(60,61)31(68,69)70/h13H,2-11H2,1H3. The molecule has 0 aromatic heterocycles. The maximum atomic E-state index is 15.0. The van der Waals surface area contributed by atoms with Gasteiger partial charge >= 0.3 is 107 Å². The van der Waals surface area contributed by atoms with Crippen molar-refractivity contribution >= 4 is 14.0 Å². The molecule has 1 heterocycles. The second-order valence-electron chi connectivity index (χ2n) is 15.8. The molecule has 0 spiro atoms. The van der Waals surface area contributed by atoms with E-state index in [2.05, 4.69) is 14.4 Å². The van der Waals surface area contributed by atoms with Gasteiger partial charge in [0.2, 0.25) is 0 Å². The lowest BCUT2D eigenvalue weighted by Crippen LogP contribution is -2.70. The first-order valence-electron chi connectivity index (χ1n) is 18.6. The Balaban J connectivity index is 4.39. The molecule has 442 valence electrons. The third-order valence-electron chi connectivity index (χ3n) is 10.6. The smallest absolute Gasteiger partial charge is 0.413 e. The molecular weight excluding hydrogens is 1190 g/mol. The zero-order valence-electron chi connectivity index (χ0n) is 34.7. The highest BCUT2D eigenvalue weighted by Crippen LogP contribution is 2.65. The van der Waals surface area contributed by atoms with Gasteiger partial charge in [-0.1, -0.05) is 18.5 Å². The van der Waals surface area contributed by atoms with Crippen LogP contribution in [0.3, 0.4) is 0 Å². The van der Waals surface area contributed by atoms with Gasteiger partial charge in [-0.25, -0.2) is 0 Å². The molecule has 1 rings (SSSR count). The quantitative estimate of drug-likeness (QED) is 0.0638. The Morgan fingerprint density at radius 2 is 0.608 bits per heavy atom. The molecule has 0 saturated carbocycles. The first-order chi connectivity index (χ1) is 31.9. The van der Waals surface area contributed by atoms with Crippen LogP contribution in [0.4, 0.5) is 171 Å². The van der Waals surface area contributed by atoms with Gasteiger partial charge in [0.05, 0.1) is 12.3 Å². The molecule has 0 fully saturated rings. The van der Waals surface area contributed by atoms with E-state index in [1.54, 1.807) is 0 Å². The van der Waals surface area contributed by atoms with Crippen molar-refractivity contribution in [2.24, 2.45) is 5.16 Å². The number of alkyl halides is 39. The molecule has 0 aromatic carbocycles. The van der Waals surface area contributed by atoms with E-state index in [-0.39, 0.29) is 18.6 Å². The lowest BCUT2D eigenvalue weighted by atomic mass is 9.93. The zero-order valence-corrected chi connectivity index (χ0v) is 35.7. The molecule has 0 saturated heterocycles. The third kappa shape index (κ3) is 10.9. The normalized spacial score (nSPS) is 18.3. The summed E-state index contributed by atoms with van der Waals surface area (Å²) < 4.78 is 545. The summed E-state index contributed by atoms with van der Waals surface area (Å²) in [5.41, 5.74) is -0.339. The van der Waals surface area contributed by atoms with Gasteiger partial charge in [-0.3, -0.25) is 0 Å². The maximum Gasteiger partial charge on any atom is 0.460 e. The molecule has 1 atom stereocenters. The van der Waals surface area contributed by atoms with Crippen LogP contribution in [-0.4, -0.2) is 134 Å². The summed E-state index contributed by atoms with van der Waals surface area (Å²) in [6.07, 6.45) is -40.4. The Kier molecular flexibility index (Phi) is 18.3. The molecule has 1 unspecified atom stereocenters. The van der Waals surface area contributed by atoms with Crippen molar-refractivity contribution in [3.05, 3.63) is 0 Å². The van der Waals surface area contributed by atoms with Gasteiger partial charge < -0.3 is 9.26 Å². The van der Waals surface area contributed by atoms with E-state index in [1.165, 1.54) is 6.92 Å². The second-order valence-corrected chi connectivity index (χ2v) is 20.0. The highest BCUT2D eigenvalue weighted by atomic mass is 28.4. The summed E-state index contributed by atoms with van der Waals surface area (Å²) >= 11 is 0. The topological polar surface area (TPSA) is 30.8 Å². The van der Waals surface area contributed by atoms with E-state index in [0.717, 1.165) is 0 Å².